The van der Waals surface area contributed by atoms with Gasteiger partial charge in [0.05, 0.1) is 0 Å². The van der Waals surface area contributed by atoms with Crippen molar-refractivity contribution in [2.45, 2.75) is 194 Å². The van der Waals surface area contributed by atoms with Crippen LogP contribution in [0.2, 0.25) is 0 Å². The van der Waals surface area contributed by atoms with E-state index in [0.29, 0.717) is 0 Å². The normalized spacial score (nSPS) is 11.1. The number of nitrogens with zero attached hydrogens (tertiary/aromatic N) is 1. The number of halogens is 1. The fourth-order valence-electron chi connectivity index (χ4n) is 6.00. The summed E-state index contributed by atoms with van der Waals surface area (Å²) in [4.78, 5) is 2.67. The van der Waals surface area contributed by atoms with E-state index in [1.54, 1.807) is 0 Å². The van der Waals surface area contributed by atoms with Gasteiger partial charge in [0.25, 0.3) is 0 Å². The van der Waals surface area contributed by atoms with E-state index in [9.17, 15) is 0 Å². The third-order valence-corrected chi connectivity index (χ3v) is 8.68. The average Bonchev–Trinajstić information content (AvgIpc) is 2.96. The molecular formula is C38H72ClN. The average molecular weight is 578 g/mol. The molecule has 0 unspecified atom stereocenters. The minimum atomic E-state index is 0. The smallest absolute Gasteiger partial charge is 0.0366 e. The molecule has 0 aliphatic carbocycles. The summed E-state index contributed by atoms with van der Waals surface area (Å²) in [7, 11) is 0. The summed E-state index contributed by atoms with van der Waals surface area (Å²) in [5, 5.41) is 0. The SMILES string of the molecule is CCCCCCCCCCCCCCCCN(CCCCCCCCCCCCCCCC)c1ccccc1.Cl. The standard InChI is InChI=1S/C38H71N.ClH/c1-3-5-7-9-11-13-15-17-19-21-23-25-27-32-36-39(38-34-30-29-31-35-38)37-33-28-26-24-22-20-18-16-14-12-10-8-6-4-2;/h29-31,34-35H,3-28,32-33,36-37H2,1-2H3;1H. The van der Waals surface area contributed by atoms with E-state index in [-0.39, 0.29) is 12.4 Å². The summed E-state index contributed by atoms with van der Waals surface area (Å²) in [5.74, 6) is 0. The van der Waals surface area contributed by atoms with E-state index in [2.05, 4.69) is 49.1 Å². The van der Waals surface area contributed by atoms with Crippen LogP contribution in [0, 0.1) is 0 Å². The molecule has 0 aliphatic rings. The Labute approximate surface area is 259 Å². The van der Waals surface area contributed by atoms with Gasteiger partial charge in [-0.15, -0.1) is 12.4 Å². The first-order valence-corrected chi connectivity index (χ1v) is 18.2. The Bertz CT molecular complexity index is 542. The van der Waals surface area contributed by atoms with Crippen molar-refractivity contribution in [3.8, 4) is 0 Å². The Kier molecular flexibility index (Phi) is 32.3. The highest BCUT2D eigenvalue weighted by Crippen LogP contribution is 2.18. The summed E-state index contributed by atoms with van der Waals surface area (Å²) in [6.45, 7) is 7.09. The fraction of sp³-hybridized carbons (Fsp3) is 0.842. The molecule has 0 spiro atoms. The molecule has 0 bridgehead atoms. The van der Waals surface area contributed by atoms with Crippen LogP contribution in [0.1, 0.15) is 194 Å². The molecule has 0 aromatic heterocycles. The van der Waals surface area contributed by atoms with Gasteiger partial charge in [0, 0.05) is 18.8 Å². The van der Waals surface area contributed by atoms with Gasteiger partial charge in [-0.2, -0.15) is 0 Å². The van der Waals surface area contributed by atoms with Crippen LogP contribution in [0.5, 0.6) is 0 Å². The van der Waals surface area contributed by atoms with Crippen molar-refractivity contribution in [1.29, 1.82) is 0 Å². The van der Waals surface area contributed by atoms with Crippen molar-refractivity contribution in [2.24, 2.45) is 0 Å². The van der Waals surface area contributed by atoms with Gasteiger partial charge in [-0.3, -0.25) is 0 Å². The molecule has 0 radical (unpaired) electrons. The molecule has 1 aromatic rings. The van der Waals surface area contributed by atoms with Gasteiger partial charge in [0.2, 0.25) is 0 Å². The Hall–Kier alpha value is -0.690. The maximum absolute atomic E-state index is 2.67. The van der Waals surface area contributed by atoms with Gasteiger partial charge in [0.15, 0.2) is 0 Å². The van der Waals surface area contributed by atoms with Crippen molar-refractivity contribution in [2.75, 3.05) is 18.0 Å². The lowest BCUT2D eigenvalue weighted by atomic mass is 10.0. The Morgan fingerprint density at radius 3 is 0.875 bits per heavy atom. The maximum atomic E-state index is 2.67. The van der Waals surface area contributed by atoms with E-state index < -0.39 is 0 Å². The lowest BCUT2D eigenvalue weighted by Crippen LogP contribution is -2.25. The molecule has 2 heteroatoms. The summed E-state index contributed by atoms with van der Waals surface area (Å²) in [6, 6.07) is 11.2. The molecule has 0 saturated heterocycles. The topological polar surface area (TPSA) is 3.24 Å². The predicted molar refractivity (Wildman–Crippen MR) is 187 cm³/mol. The van der Waals surface area contributed by atoms with Gasteiger partial charge < -0.3 is 4.90 Å². The molecule has 0 N–H and O–H groups in total. The minimum Gasteiger partial charge on any atom is -0.372 e. The van der Waals surface area contributed by atoms with Crippen LogP contribution in [0.4, 0.5) is 5.69 Å². The van der Waals surface area contributed by atoms with E-state index in [0.717, 1.165) is 0 Å². The highest BCUT2D eigenvalue weighted by Gasteiger charge is 2.06. The second-order valence-electron chi connectivity index (χ2n) is 12.5. The lowest BCUT2D eigenvalue weighted by molar-refractivity contribution is 0.529. The van der Waals surface area contributed by atoms with Crippen molar-refractivity contribution in [3.63, 3.8) is 0 Å². The van der Waals surface area contributed by atoms with Crippen LogP contribution in [0.3, 0.4) is 0 Å². The quantitative estimate of drug-likeness (QED) is 0.0793. The van der Waals surface area contributed by atoms with Gasteiger partial charge in [0.1, 0.15) is 0 Å². The second-order valence-corrected chi connectivity index (χ2v) is 12.5. The lowest BCUT2D eigenvalue weighted by Gasteiger charge is -2.25. The third-order valence-electron chi connectivity index (χ3n) is 8.68. The van der Waals surface area contributed by atoms with E-state index >= 15 is 0 Å². The zero-order valence-electron chi connectivity index (χ0n) is 27.5. The molecule has 0 aliphatic heterocycles. The zero-order chi connectivity index (χ0) is 27.9. The molecule has 0 amide bonds. The van der Waals surface area contributed by atoms with E-state index in [4.69, 9.17) is 0 Å². The van der Waals surface area contributed by atoms with Crippen molar-refractivity contribution in [1.82, 2.24) is 0 Å². The number of benzene rings is 1. The number of hydrogen-bond donors (Lipinski definition) is 0. The first kappa shape index (κ1) is 39.3. The third kappa shape index (κ3) is 26.2. The van der Waals surface area contributed by atoms with Crippen molar-refractivity contribution < 1.29 is 0 Å². The molecule has 1 nitrogen and oxygen atoms in total. The molecule has 0 fully saturated rings. The molecular weight excluding hydrogens is 506 g/mol. The van der Waals surface area contributed by atoms with E-state index in [1.165, 1.54) is 199 Å². The number of para-hydroxylation sites is 1. The predicted octanol–water partition coefficient (Wildman–Crippen LogP) is 13.9. The number of anilines is 1. The molecule has 0 atom stereocenters. The van der Waals surface area contributed by atoms with Crippen LogP contribution < -0.4 is 4.90 Å². The van der Waals surface area contributed by atoms with Crippen LogP contribution in [-0.2, 0) is 0 Å². The van der Waals surface area contributed by atoms with Gasteiger partial charge in [-0.25, -0.2) is 0 Å². The molecule has 40 heavy (non-hydrogen) atoms. The molecule has 0 heterocycles. The summed E-state index contributed by atoms with van der Waals surface area (Å²) < 4.78 is 0. The number of unbranched alkanes of at least 4 members (excludes halogenated alkanes) is 26. The summed E-state index contributed by atoms with van der Waals surface area (Å²) in [6.07, 6.45) is 40.3. The van der Waals surface area contributed by atoms with Crippen molar-refractivity contribution >= 4 is 18.1 Å². The first-order valence-electron chi connectivity index (χ1n) is 18.2. The largest absolute Gasteiger partial charge is 0.372 e. The Balaban J connectivity index is 0.0000152. The summed E-state index contributed by atoms with van der Waals surface area (Å²) in [5.41, 5.74) is 1.43. The monoisotopic (exact) mass is 578 g/mol. The highest BCUT2D eigenvalue weighted by atomic mass is 35.5. The summed E-state index contributed by atoms with van der Waals surface area (Å²) >= 11 is 0. The zero-order valence-corrected chi connectivity index (χ0v) is 28.3. The molecule has 0 saturated carbocycles. The van der Waals surface area contributed by atoms with E-state index in [1.807, 2.05) is 0 Å². The van der Waals surface area contributed by atoms with Gasteiger partial charge in [-0.1, -0.05) is 199 Å². The number of rotatable bonds is 31. The van der Waals surface area contributed by atoms with Gasteiger partial charge >= 0.3 is 0 Å². The molecule has 1 rings (SSSR count). The molecule has 236 valence electrons. The highest BCUT2D eigenvalue weighted by molar-refractivity contribution is 5.85. The number of hydrogen-bond acceptors (Lipinski definition) is 1. The van der Waals surface area contributed by atoms with Crippen LogP contribution in [0.25, 0.3) is 0 Å². The fourth-order valence-corrected chi connectivity index (χ4v) is 6.00. The van der Waals surface area contributed by atoms with Crippen LogP contribution in [0.15, 0.2) is 30.3 Å². The van der Waals surface area contributed by atoms with Crippen LogP contribution in [-0.4, -0.2) is 13.1 Å². The minimum absolute atomic E-state index is 0. The second kappa shape index (κ2) is 32.8. The Morgan fingerprint density at radius 1 is 0.350 bits per heavy atom. The molecule has 1 aromatic carbocycles. The van der Waals surface area contributed by atoms with Crippen LogP contribution >= 0.6 is 12.4 Å². The maximum Gasteiger partial charge on any atom is 0.0366 e. The Morgan fingerprint density at radius 2 is 0.600 bits per heavy atom. The van der Waals surface area contributed by atoms with Crippen molar-refractivity contribution in [3.05, 3.63) is 30.3 Å². The first-order chi connectivity index (χ1) is 19.4. The van der Waals surface area contributed by atoms with Gasteiger partial charge in [-0.05, 0) is 25.0 Å².